The third-order valence-corrected chi connectivity index (χ3v) is 7.99. The molecule has 0 spiro atoms. The van der Waals surface area contributed by atoms with Gasteiger partial charge in [-0.05, 0) is 93.2 Å². The molecule has 2 aromatic rings. The van der Waals surface area contributed by atoms with Crippen LogP contribution in [0.4, 0.5) is 37.0 Å². The van der Waals surface area contributed by atoms with Crippen LogP contribution in [0.15, 0.2) is 24.3 Å². The molecule has 0 bridgehead atoms. The number of alkyl halides is 6. The number of amides is 1. The molecule has 0 saturated heterocycles. The second kappa shape index (κ2) is 15.8. The Morgan fingerprint density at radius 3 is 2.16 bits per heavy atom. The molecule has 6 nitrogen and oxygen atoms in total. The Balaban J connectivity index is 2.16. The van der Waals surface area contributed by atoms with Gasteiger partial charge in [-0.15, -0.1) is 0 Å². The number of rotatable bonds is 10. The molecular formula is C32H40F6N4O2S. The van der Waals surface area contributed by atoms with Gasteiger partial charge in [-0.3, -0.25) is 5.32 Å². The van der Waals surface area contributed by atoms with Crippen LogP contribution in [0.2, 0.25) is 0 Å². The Bertz CT molecular complexity index is 1420. The number of nitrogens with one attached hydrogen (secondary N) is 1. The van der Waals surface area contributed by atoms with Crippen LogP contribution in [0.3, 0.4) is 0 Å². The summed E-state index contributed by atoms with van der Waals surface area (Å²) in [4.78, 5) is 20.8. The fourth-order valence-electron chi connectivity index (χ4n) is 5.52. The van der Waals surface area contributed by atoms with Crippen LogP contribution in [0, 0.1) is 5.92 Å². The number of hydrogen-bond donors (Lipinski definition) is 1. The van der Waals surface area contributed by atoms with Crippen molar-refractivity contribution in [2.75, 3.05) is 24.6 Å². The van der Waals surface area contributed by atoms with E-state index >= 15 is 0 Å². The fourth-order valence-corrected chi connectivity index (χ4v) is 5.73. The van der Waals surface area contributed by atoms with Crippen LogP contribution in [0.5, 0.6) is 0 Å². The SMILES string of the molecule is C/C=c1/nc(N(CC)CC2CCCC2)c(CN(Cc2cc(C(F)(F)F)cc(C(F)(F)F)c2)C(=S)NC(=O)OCC)c/c1=C/CC. The molecule has 0 atom stereocenters. The highest BCUT2D eigenvalue weighted by atomic mass is 32.1. The zero-order chi connectivity index (χ0) is 33.4. The van der Waals surface area contributed by atoms with Crippen molar-refractivity contribution in [1.29, 1.82) is 0 Å². The van der Waals surface area contributed by atoms with Gasteiger partial charge in [0.25, 0.3) is 0 Å². The molecule has 3 rings (SSSR count). The number of carbonyl (C=O) groups is 1. The number of anilines is 1. The standard InChI is InChI=1S/C32H40F6N4O2S/c1-5-11-23-16-24(28(39-27(23)6-2)41(7-3)18-21-12-9-10-13-21)20-42(29(45)40-30(43)44-8-4)19-22-14-25(31(33,34)35)17-26(15-22)32(36,37)38/h6,11,14-17,21H,5,7-10,12-13,18-20H2,1-4H3,(H,40,43,45)/b23-11-,27-6+. The monoisotopic (exact) mass is 658 g/mol. The summed E-state index contributed by atoms with van der Waals surface area (Å²) in [6.07, 6.45) is -1.83. The molecule has 0 unspecified atom stereocenters. The molecular weight excluding hydrogens is 618 g/mol. The molecule has 13 heteroatoms. The van der Waals surface area contributed by atoms with Crippen LogP contribution in [-0.4, -0.2) is 40.8 Å². The largest absolute Gasteiger partial charge is 0.450 e. The van der Waals surface area contributed by atoms with E-state index in [1.165, 1.54) is 4.90 Å². The van der Waals surface area contributed by atoms with Crippen molar-refractivity contribution < 1.29 is 35.9 Å². The van der Waals surface area contributed by atoms with Crippen molar-refractivity contribution in [2.24, 2.45) is 5.92 Å². The van der Waals surface area contributed by atoms with Crippen LogP contribution in [-0.2, 0) is 30.2 Å². The topological polar surface area (TPSA) is 57.7 Å². The lowest BCUT2D eigenvalue weighted by molar-refractivity contribution is -0.143. The summed E-state index contributed by atoms with van der Waals surface area (Å²) in [5.74, 6) is 1.12. The quantitative estimate of drug-likeness (QED) is 0.216. The Labute approximate surface area is 265 Å². The average Bonchev–Trinajstić information content (AvgIpc) is 3.48. The number of benzene rings is 1. The molecule has 1 aliphatic carbocycles. The van der Waals surface area contributed by atoms with Gasteiger partial charge >= 0.3 is 18.4 Å². The number of nitrogens with zero attached hydrogens (tertiary/aromatic N) is 3. The molecule has 45 heavy (non-hydrogen) atoms. The predicted octanol–water partition coefficient (Wildman–Crippen LogP) is 7.16. The Morgan fingerprint density at radius 1 is 1.02 bits per heavy atom. The number of aromatic nitrogens is 1. The third kappa shape index (κ3) is 10.1. The molecule has 1 fully saturated rings. The molecule has 0 aliphatic heterocycles. The molecule has 248 valence electrons. The lowest BCUT2D eigenvalue weighted by Crippen LogP contribution is -2.43. The zero-order valence-electron chi connectivity index (χ0n) is 25.9. The number of carbonyl (C=O) groups excluding carboxylic acids is 1. The zero-order valence-corrected chi connectivity index (χ0v) is 26.8. The lowest BCUT2D eigenvalue weighted by atomic mass is 10.0. The molecule has 0 radical (unpaired) electrons. The van der Waals surface area contributed by atoms with Gasteiger partial charge in [0, 0.05) is 31.7 Å². The highest BCUT2D eigenvalue weighted by molar-refractivity contribution is 7.80. The van der Waals surface area contributed by atoms with Gasteiger partial charge in [0.05, 0.1) is 23.1 Å². The van der Waals surface area contributed by atoms with Crippen LogP contribution in [0.1, 0.15) is 82.1 Å². The van der Waals surface area contributed by atoms with Gasteiger partial charge in [-0.1, -0.05) is 31.9 Å². The average molecular weight is 659 g/mol. The lowest BCUT2D eigenvalue weighted by Gasteiger charge is -2.31. The molecule has 1 saturated carbocycles. The number of pyridine rings is 1. The summed E-state index contributed by atoms with van der Waals surface area (Å²) in [5, 5.41) is 3.78. The first kappa shape index (κ1) is 36.1. The maximum atomic E-state index is 13.7. The maximum absolute atomic E-state index is 13.7. The third-order valence-electron chi connectivity index (χ3n) is 7.62. The van der Waals surface area contributed by atoms with Crippen molar-refractivity contribution in [1.82, 2.24) is 15.2 Å². The predicted molar refractivity (Wildman–Crippen MR) is 167 cm³/mol. The molecule has 1 aliphatic rings. The Morgan fingerprint density at radius 2 is 1.64 bits per heavy atom. The van der Waals surface area contributed by atoms with E-state index in [4.69, 9.17) is 21.9 Å². The van der Waals surface area contributed by atoms with Gasteiger partial charge in [-0.2, -0.15) is 26.3 Å². The molecule has 1 amide bonds. The summed E-state index contributed by atoms with van der Waals surface area (Å²) in [6.45, 7) is 8.35. The minimum absolute atomic E-state index is 0.0307. The summed E-state index contributed by atoms with van der Waals surface area (Å²) in [5.41, 5.74) is -2.49. The van der Waals surface area contributed by atoms with Gasteiger partial charge in [0.1, 0.15) is 5.82 Å². The van der Waals surface area contributed by atoms with Gasteiger partial charge in [-0.25, -0.2) is 9.78 Å². The van der Waals surface area contributed by atoms with E-state index < -0.39 is 36.1 Å². The molecule has 1 aromatic heterocycles. The number of halogens is 6. The van der Waals surface area contributed by atoms with Gasteiger partial charge < -0.3 is 14.5 Å². The Kier molecular flexibility index (Phi) is 12.7. The fraction of sp³-hybridized carbons (Fsp3) is 0.531. The van der Waals surface area contributed by atoms with E-state index in [0.717, 1.165) is 42.8 Å². The second-order valence-corrected chi connectivity index (χ2v) is 11.3. The maximum Gasteiger partial charge on any atom is 0.416 e. The first-order chi connectivity index (χ1) is 21.2. The van der Waals surface area contributed by atoms with E-state index in [0.29, 0.717) is 42.4 Å². The molecule has 1 N–H and O–H groups in total. The summed E-state index contributed by atoms with van der Waals surface area (Å²) >= 11 is 5.48. The number of hydrogen-bond acceptors (Lipinski definition) is 5. The van der Waals surface area contributed by atoms with Crippen molar-refractivity contribution >= 4 is 41.4 Å². The summed E-state index contributed by atoms with van der Waals surface area (Å²) < 4.78 is 87.0. The van der Waals surface area contributed by atoms with Crippen LogP contribution >= 0.6 is 12.2 Å². The molecule has 1 heterocycles. The number of alkyl carbamates (subject to hydrolysis) is 1. The van der Waals surface area contributed by atoms with Crippen molar-refractivity contribution in [3.8, 4) is 0 Å². The van der Waals surface area contributed by atoms with Crippen molar-refractivity contribution in [3.05, 3.63) is 57.1 Å². The Hall–Kier alpha value is -3.35. The van der Waals surface area contributed by atoms with E-state index in [-0.39, 0.29) is 29.9 Å². The van der Waals surface area contributed by atoms with Crippen molar-refractivity contribution in [2.45, 2.75) is 85.2 Å². The molecule has 1 aromatic carbocycles. The van der Waals surface area contributed by atoms with E-state index in [1.54, 1.807) is 6.92 Å². The van der Waals surface area contributed by atoms with Crippen LogP contribution < -0.4 is 20.8 Å². The highest BCUT2D eigenvalue weighted by Gasteiger charge is 2.37. The smallest absolute Gasteiger partial charge is 0.416 e. The number of thiocarbonyl (C=S) groups is 1. The minimum Gasteiger partial charge on any atom is -0.450 e. The van der Waals surface area contributed by atoms with E-state index in [2.05, 4.69) is 10.2 Å². The van der Waals surface area contributed by atoms with E-state index in [9.17, 15) is 31.1 Å². The summed E-state index contributed by atoms with van der Waals surface area (Å²) in [6, 6.07) is 3.34. The van der Waals surface area contributed by atoms with Crippen molar-refractivity contribution in [3.63, 3.8) is 0 Å². The van der Waals surface area contributed by atoms with Gasteiger partial charge in [0.2, 0.25) is 0 Å². The number of ether oxygens (including phenoxy) is 1. The second-order valence-electron chi connectivity index (χ2n) is 11.0. The first-order valence-corrected chi connectivity index (χ1v) is 15.5. The van der Waals surface area contributed by atoms with E-state index in [1.807, 2.05) is 39.0 Å². The normalized spacial score (nSPS) is 15.0. The van der Waals surface area contributed by atoms with Gasteiger partial charge in [0.15, 0.2) is 5.11 Å². The highest BCUT2D eigenvalue weighted by Crippen LogP contribution is 2.37. The summed E-state index contributed by atoms with van der Waals surface area (Å²) in [7, 11) is 0. The minimum atomic E-state index is -5.01. The first-order valence-electron chi connectivity index (χ1n) is 15.1. The van der Waals surface area contributed by atoms with Crippen LogP contribution in [0.25, 0.3) is 12.2 Å².